The van der Waals surface area contributed by atoms with Gasteiger partial charge in [-0.1, -0.05) is 30.8 Å². The van der Waals surface area contributed by atoms with Crippen LogP contribution >= 0.6 is 11.8 Å². The number of carbonyl (C=O) groups excluding carboxylic acids is 1. The van der Waals surface area contributed by atoms with Gasteiger partial charge in [0.2, 0.25) is 5.91 Å². The van der Waals surface area contributed by atoms with Crippen molar-refractivity contribution in [2.24, 2.45) is 0 Å². The molecule has 1 atom stereocenters. The van der Waals surface area contributed by atoms with Gasteiger partial charge in [0, 0.05) is 22.4 Å². The van der Waals surface area contributed by atoms with Crippen molar-refractivity contribution in [2.45, 2.75) is 36.2 Å². The van der Waals surface area contributed by atoms with Gasteiger partial charge in [-0.25, -0.2) is 0 Å². The summed E-state index contributed by atoms with van der Waals surface area (Å²) in [5, 5.41) is 12.5. The summed E-state index contributed by atoms with van der Waals surface area (Å²) in [5.74, 6) is -0.0690. The molecule has 0 bridgehead atoms. The fraction of sp³-hybridized carbons (Fsp3) is 0.235. The molecule has 1 amide bonds. The standard InChI is InChI=1S/C17H19NO2S/c1-3-17(20)13-4-8-15(9-5-13)21-16-10-6-14(7-11-16)18-12(2)19/h4-11,17,20H,3H2,1-2H3,(H,18,19)/t17-/m1/s1. The van der Waals surface area contributed by atoms with Gasteiger partial charge in [-0.3, -0.25) is 4.79 Å². The van der Waals surface area contributed by atoms with Crippen LogP contribution in [0.1, 0.15) is 31.9 Å². The maximum absolute atomic E-state index is 11.0. The van der Waals surface area contributed by atoms with E-state index in [2.05, 4.69) is 5.32 Å². The molecule has 0 spiro atoms. The fourth-order valence-electron chi connectivity index (χ4n) is 1.94. The SMILES string of the molecule is CC[C@@H](O)c1ccc(Sc2ccc(NC(C)=O)cc2)cc1. The molecule has 0 aromatic heterocycles. The van der Waals surface area contributed by atoms with Crippen molar-refractivity contribution in [3.8, 4) is 0 Å². The van der Waals surface area contributed by atoms with E-state index in [0.717, 1.165) is 27.5 Å². The van der Waals surface area contributed by atoms with Gasteiger partial charge < -0.3 is 10.4 Å². The van der Waals surface area contributed by atoms with Crippen LogP contribution in [0.4, 0.5) is 5.69 Å². The van der Waals surface area contributed by atoms with E-state index < -0.39 is 0 Å². The zero-order chi connectivity index (χ0) is 15.2. The van der Waals surface area contributed by atoms with Crippen molar-refractivity contribution in [2.75, 3.05) is 5.32 Å². The van der Waals surface area contributed by atoms with Crippen molar-refractivity contribution in [3.05, 3.63) is 54.1 Å². The van der Waals surface area contributed by atoms with Gasteiger partial charge in [-0.15, -0.1) is 0 Å². The molecule has 0 saturated heterocycles. The van der Waals surface area contributed by atoms with Crippen LogP contribution in [0.15, 0.2) is 58.3 Å². The molecular weight excluding hydrogens is 282 g/mol. The highest BCUT2D eigenvalue weighted by Gasteiger charge is 2.05. The Bertz CT molecular complexity index is 593. The van der Waals surface area contributed by atoms with E-state index in [4.69, 9.17) is 0 Å². The van der Waals surface area contributed by atoms with E-state index in [0.29, 0.717) is 0 Å². The first-order valence-electron chi connectivity index (χ1n) is 6.92. The molecular formula is C17H19NO2S. The molecule has 2 rings (SSSR count). The second-order valence-electron chi connectivity index (χ2n) is 4.80. The summed E-state index contributed by atoms with van der Waals surface area (Å²) in [6.45, 7) is 3.46. The van der Waals surface area contributed by atoms with Crippen LogP contribution in [0, 0.1) is 0 Å². The van der Waals surface area contributed by atoms with Crippen molar-refractivity contribution in [1.82, 2.24) is 0 Å². The lowest BCUT2D eigenvalue weighted by molar-refractivity contribution is -0.114. The van der Waals surface area contributed by atoms with E-state index in [1.807, 2.05) is 55.5 Å². The topological polar surface area (TPSA) is 49.3 Å². The number of carbonyl (C=O) groups is 1. The zero-order valence-corrected chi connectivity index (χ0v) is 13.0. The largest absolute Gasteiger partial charge is 0.388 e. The van der Waals surface area contributed by atoms with Crippen LogP contribution in [0.3, 0.4) is 0 Å². The number of rotatable bonds is 5. The summed E-state index contributed by atoms with van der Waals surface area (Å²) in [6, 6.07) is 15.7. The molecule has 110 valence electrons. The Morgan fingerprint density at radius 2 is 1.62 bits per heavy atom. The van der Waals surface area contributed by atoms with Gasteiger partial charge in [0.15, 0.2) is 0 Å². The third kappa shape index (κ3) is 4.62. The number of hydrogen-bond donors (Lipinski definition) is 2. The Hall–Kier alpha value is -1.78. The predicted octanol–water partition coefficient (Wildman–Crippen LogP) is 4.24. The van der Waals surface area contributed by atoms with Crippen molar-refractivity contribution in [1.29, 1.82) is 0 Å². The molecule has 2 N–H and O–H groups in total. The van der Waals surface area contributed by atoms with Crippen LogP contribution in [0.5, 0.6) is 0 Å². The maximum Gasteiger partial charge on any atom is 0.221 e. The Morgan fingerprint density at radius 3 is 2.10 bits per heavy atom. The molecule has 21 heavy (non-hydrogen) atoms. The summed E-state index contributed by atoms with van der Waals surface area (Å²) >= 11 is 1.65. The minimum absolute atomic E-state index is 0.0690. The minimum Gasteiger partial charge on any atom is -0.388 e. The van der Waals surface area contributed by atoms with Crippen molar-refractivity contribution >= 4 is 23.4 Å². The van der Waals surface area contributed by atoms with Gasteiger partial charge in [0.1, 0.15) is 0 Å². The Kier molecular flexibility index (Phi) is 5.42. The summed E-state index contributed by atoms with van der Waals surface area (Å²) in [4.78, 5) is 13.2. The lowest BCUT2D eigenvalue weighted by Crippen LogP contribution is -2.05. The van der Waals surface area contributed by atoms with Gasteiger partial charge in [0.05, 0.1) is 6.10 Å². The number of nitrogens with one attached hydrogen (secondary N) is 1. The number of amides is 1. The third-order valence-corrected chi connectivity index (χ3v) is 4.08. The first-order chi connectivity index (χ1) is 10.1. The summed E-state index contributed by atoms with van der Waals surface area (Å²) in [6.07, 6.45) is 0.331. The summed E-state index contributed by atoms with van der Waals surface area (Å²) < 4.78 is 0. The first kappa shape index (κ1) is 15.6. The van der Waals surface area contributed by atoms with Crippen LogP contribution in [-0.2, 0) is 4.79 Å². The second kappa shape index (κ2) is 7.29. The first-order valence-corrected chi connectivity index (χ1v) is 7.73. The molecule has 3 nitrogen and oxygen atoms in total. The molecule has 0 heterocycles. The molecule has 0 radical (unpaired) electrons. The predicted molar refractivity (Wildman–Crippen MR) is 86.6 cm³/mol. The van der Waals surface area contributed by atoms with Crippen LogP contribution in [0.25, 0.3) is 0 Å². The van der Waals surface area contributed by atoms with Crippen molar-refractivity contribution < 1.29 is 9.90 Å². The van der Waals surface area contributed by atoms with Crippen LogP contribution in [-0.4, -0.2) is 11.0 Å². The number of benzene rings is 2. The van der Waals surface area contributed by atoms with E-state index >= 15 is 0 Å². The van der Waals surface area contributed by atoms with Gasteiger partial charge in [0.25, 0.3) is 0 Å². The monoisotopic (exact) mass is 301 g/mol. The Balaban J connectivity index is 2.02. The highest BCUT2D eigenvalue weighted by atomic mass is 32.2. The average molecular weight is 301 g/mol. The number of aliphatic hydroxyl groups is 1. The third-order valence-electron chi connectivity index (χ3n) is 3.06. The van der Waals surface area contributed by atoms with E-state index in [9.17, 15) is 9.90 Å². The molecule has 2 aromatic rings. The van der Waals surface area contributed by atoms with Gasteiger partial charge in [-0.2, -0.15) is 0 Å². The van der Waals surface area contributed by atoms with Gasteiger partial charge in [-0.05, 0) is 48.4 Å². The molecule has 0 unspecified atom stereocenters. The molecule has 0 saturated carbocycles. The lowest BCUT2D eigenvalue weighted by atomic mass is 10.1. The normalized spacial score (nSPS) is 12.0. The molecule has 2 aromatic carbocycles. The molecule has 0 aliphatic heterocycles. The average Bonchev–Trinajstić information content (AvgIpc) is 2.49. The smallest absolute Gasteiger partial charge is 0.221 e. The zero-order valence-electron chi connectivity index (χ0n) is 12.2. The fourth-order valence-corrected chi connectivity index (χ4v) is 2.76. The highest BCUT2D eigenvalue weighted by Crippen LogP contribution is 2.29. The Labute approximate surface area is 129 Å². The van der Waals surface area contributed by atoms with E-state index in [-0.39, 0.29) is 12.0 Å². The van der Waals surface area contributed by atoms with Crippen molar-refractivity contribution in [3.63, 3.8) is 0 Å². The molecule has 0 aliphatic rings. The number of hydrogen-bond acceptors (Lipinski definition) is 3. The van der Waals surface area contributed by atoms with Gasteiger partial charge >= 0.3 is 0 Å². The minimum atomic E-state index is -0.388. The van der Waals surface area contributed by atoms with Crippen LogP contribution in [0.2, 0.25) is 0 Å². The Morgan fingerprint density at radius 1 is 1.10 bits per heavy atom. The number of aliphatic hydroxyl groups excluding tert-OH is 1. The summed E-state index contributed by atoms with van der Waals surface area (Å²) in [5.41, 5.74) is 1.75. The van der Waals surface area contributed by atoms with Crippen LogP contribution < -0.4 is 5.32 Å². The summed E-state index contributed by atoms with van der Waals surface area (Å²) in [7, 11) is 0. The second-order valence-corrected chi connectivity index (χ2v) is 5.95. The molecule has 4 heteroatoms. The maximum atomic E-state index is 11.0. The number of anilines is 1. The molecule has 0 aliphatic carbocycles. The quantitative estimate of drug-likeness (QED) is 0.868. The highest BCUT2D eigenvalue weighted by molar-refractivity contribution is 7.99. The molecule has 0 fully saturated rings. The lowest BCUT2D eigenvalue weighted by Gasteiger charge is -2.09. The van der Waals surface area contributed by atoms with E-state index in [1.165, 1.54) is 6.92 Å². The van der Waals surface area contributed by atoms with E-state index in [1.54, 1.807) is 11.8 Å².